The van der Waals surface area contributed by atoms with Crippen LogP contribution in [0.15, 0.2) is 16.8 Å². The monoisotopic (exact) mass is 195 g/mol. The topological polar surface area (TPSA) is 67.5 Å². The molecule has 4 heteroatoms. The fourth-order valence-corrected chi connectivity index (χ4v) is 1.78. The van der Waals surface area contributed by atoms with E-state index in [0.29, 0.717) is 5.92 Å². The van der Waals surface area contributed by atoms with Gasteiger partial charge in [0, 0.05) is 11.6 Å². The Kier molecular flexibility index (Phi) is 3.68. The summed E-state index contributed by atoms with van der Waals surface area (Å²) in [7, 11) is 0. The predicted molar refractivity (Wildman–Crippen MR) is 56.9 cm³/mol. The Labute approximate surface area is 84.2 Å². The number of nitrogens with zero attached hydrogens (tertiary/aromatic N) is 1. The van der Waals surface area contributed by atoms with Gasteiger partial charge in [-0.1, -0.05) is 11.6 Å². The average Bonchev–Trinajstić information content (AvgIpc) is 2.15. The van der Waals surface area contributed by atoms with Gasteiger partial charge in [0.2, 0.25) is 0 Å². The van der Waals surface area contributed by atoms with Crippen molar-refractivity contribution in [2.24, 2.45) is 16.8 Å². The van der Waals surface area contributed by atoms with Crippen LogP contribution in [0, 0.1) is 5.92 Å². The summed E-state index contributed by atoms with van der Waals surface area (Å²) in [6.07, 6.45) is 5.68. The molecule has 2 amide bonds. The van der Waals surface area contributed by atoms with E-state index in [2.05, 4.69) is 23.5 Å². The van der Waals surface area contributed by atoms with Gasteiger partial charge in [-0.05, 0) is 33.1 Å². The Morgan fingerprint density at radius 1 is 1.71 bits per heavy atom. The maximum Gasteiger partial charge on any atom is 0.332 e. The fraction of sp³-hybridized carbons (Fsp3) is 0.600. The van der Waals surface area contributed by atoms with Gasteiger partial charge in [0.05, 0.1) is 0 Å². The van der Waals surface area contributed by atoms with Crippen LogP contribution in [0.5, 0.6) is 0 Å². The summed E-state index contributed by atoms with van der Waals surface area (Å²) >= 11 is 0. The van der Waals surface area contributed by atoms with E-state index in [9.17, 15) is 4.79 Å². The van der Waals surface area contributed by atoms with Crippen LogP contribution >= 0.6 is 0 Å². The van der Waals surface area contributed by atoms with E-state index in [1.807, 2.05) is 6.92 Å². The molecule has 0 heterocycles. The summed E-state index contributed by atoms with van der Waals surface area (Å²) in [4.78, 5) is 10.5. The molecular formula is C10H17N3O. The van der Waals surface area contributed by atoms with Gasteiger partial charge in [-0.2, -0.15) is 5.10 Å². The van der Waals surface area contributed by atoms with Crippen LogP contribution in [0.3, 0.4) is 0 Å². The highest BCUT2D eigenvalue weighted by molar-refractivity contribution is 5.88. The molecule has 1 aliphatic rings. The first-order valence-electron chi connectivity index (χ1n) is 4.87. The van der Waals surface area contributed by atoms with Crippen molar-refractivity contribution in [1.82, 2.24) is 5.43 Å². The van der Waals surface area contributed by atoms with Gasteiger partial charge in [-0.3, -0.25) is 0 Å². The maximum atomic E-state index is 10.5. The first-order chi connectivity index (χ1) is 6.61. The zero-order chi connectivity index (χ0) is 10.6. The molecule has 3 N–H and O–H groups in total. The van der Waals surface area contributed by atoms with Crippen molar-refractivity contribution in [3.05, 3.63) is 11.6 Å². The van der Waals surface area contributed by atoms with E-state index >= 15 is 0 Å². The zero-order valence-corrected chi connectivity index (χ0v) is 8.71. The van der Waals surface area contributed by atoms with Gasteiger partial charge in [0.15, 0.2) is 0 Å². The van der Waals surface area contributed by atoms with E-state index in [4.69, 9.17) is 5.73 Å². The van der Waals surface area contributed by atoms with Crippen LogP contribution in [0.4, 0.5) is 4.79 Å². The SMILES string of the molecule is CC1=CCCCC1/C(C)=N\NC(N)=O. The molecule has 0 bridgehead atoms. The number of nitrogens with two attached hydrogens (primary N) is 1. The molecule has 0 fully saturated rings. The summed E-state index contributed by atoms with van der Waals surface area (Å²) in [6, 6.07) is -0.609. The van der Waals surface area contributed by atoms with Crippen LogP contribution < -0.4 is 11.2 Å². The highest BCUT2D eigenvalue weighted by atomic mass is 16.2. The van der Waals surface area contributed by atoms with Crippen molar-refractivity contribution in [2.45, 2.75) is 33.1 Å². The Morgan fingerprint density at radius 3 is 3.00 bits per heavy atom. The third-order valence-corrected chi connectivity index (χ3v) is 2.56. The van der Waals surface area contributed by atoms with Crippen molar-refractivity contribution in [2.75, 3.05) is 0 Å². The predicted octanol–water partition coefficient (Wildman–Crippen LogP) is 1.78. The lowest BCUT2D eigenvalue weighted by atomic mass is 9.86. The van der Waals surface area contributed by atoms with E-state index < -0.39 is 6.03 Å². The van der Waals surface area contributed by atoms with Gasteiger partial charge >= 0.3 is 6.03 Å². The van der Waals surface area contributed by atoms with Crippen LogP contribution in [0.1, 0.15) is 33.1 Å². The Bertz CT molecular complexity index is 281. The molecule has 0 aromatic carbocycles. The molecular weight excluding hydrogens is 178 g/mol. The third kappa shape index (κ3) is 2.87. The van der Waals surface area contributed by atoms with Gasteiger partial charge in [0.1, 0.15) is 0 Å². The number of primary amides is 1. The smallest absolute Gasteiger partial charge is 0.332 e. The van der Waals surface area contributed by atoms with Gasteiger partial charge in [-0.15, -0.1) is 0 Å². The van der Waals surface area contributed by atoms with Gasteiger partial charge in [-0.25, -0.2) is 10.2 Å². The number of amides is 2. The number of rotatable bonds is 2. The lowest BCUT2D eigenvalue weighted by Crippen LogP contribution is -2.27. The summed E-state index contributed by atoms with van der Waals surface area (Å²) in [5.74, 6) is 0.371. The quantitative estimate of drug-likeness (QED) is 0.393. The molecule has 1 unspecified atom stereocenters. The van der Waals surface area contributed by atoms with Crippen molar-refractivity contribution in [3.63, 3.8) is 0 Å². The van der Waals surface area contributed by atoms with Crippen LogP contribution in [0.2, 0.25) is 0 Å². The van der Waals surface area contributed by atoms with Crippen molar-refractivity contribution < 1.29 is 4.79 Å². The Morgan fingerprint density at radius 2 is 2.43 bits per heavy atom. The standard InChI is InChI=1S/C10H17N3O/c1-7-5-3-4-6-9(7)8(2)12-13-10(11)14/h5,9H,3-4,6H2,1-2H3,(H3,11,13,14)/b12-8-. The number of nitrogens with one attached hydrogen (secondary N) is 1. The molecule has 1 aliphatic carbocycles. The molecule has 0 radical (unpaired) electrons. The lowest BCUT2D eigenvalue weighted by Gasteiger charge is -2.21. The third-order valence-electron chi connectivity index (χ3n) is 2.56. The van der Waals surface area contributed by atoms with E-state index in [0.717, 1.165) is 18.6 Å². The zero-order valence-electron chi connectivity index (χ0n) is 8.71. The molecule has 1 atom stereocenters. The number of hydrogen-bond acceptors (Lipinski definition) is 2. The number of carbonyl (C=O) groups is 1. The van der Waals surface area contributed by atoms with Crippen LogP contribution in [-0.4, -0.2) is 11.7 Å². The van der Waals surface area contributed by atoms with Gasteiger partial charge in [0.25, 0.3) is 0 Å². The molecule has 0 saturated carbocycles. The minimum Gasteiger partial charge on any atom is -0.350 e. The first-order valence-corrected chi connectivity index (χ1v) is 4.87. The largest absolute Gasteiger partial charge is 0.350 e. The van der Waals surface area contributed by atoms with E-state index in [1.54, 1.807) is 0 Å². The minimum absolute atomic E-state index is 0.371. The first kappa shape index (κ1) is 10.8. The molecule has 78 valence electrons. The van der Waals surface area contributed by atoms with Crippen molar-refractivity contribution in [1.29, 1.82) is 0 Å². The van der Waals surface area contributed by atoms with Crippen LogP contribution in [-0.2, 0) is 0 Å². The fourth-order valence-electron chi connectivity index (χ4n) is 1.78. The molecule has 0 spiro atoms. The molecule has 0 aromatic heterocycles. The Balaban J connectivity index is 2.63. The van der Waals surface area contributed by atoms with E-state index in [1.165, 1.54) is 12.0 Å². The number of carbonyl (C=O) groups excluding carboxylic acids is 1. The number of hydrogen-bond donors (Lipinski definition) is 2. The molecule has 0 aromatic rings. The second-order valence-corrected chi connectivity index (χ2v) is 3.66. The second-order valence-electron chi connectivity index (χ2n) is 3.66. The van der Waals surface area contributed by atoms with Gasteiger partial charge < -0.3 is 5.73 Å². The molecule has 14 heavy (non-hydrogen) atoms. The summed E-state index contributed by atoms with van der Waals surface area (Å²) in [5, 5.41) is 3.95. The number of urea groups is 1. The highest BCUT2D eigenvalue weighted by Crippen LogP contribution is 2.25. The van der Waals surface area contributed by atoms with Crippen molar-refractivity contribution >= 4 is 11.7 Å². The lowest BCUT2D eigenvalue weighted by molar-refractivity contribution is 0.249. The summed E-state index contributed by atoms with van der Waals surface area (Å²) in [5.41, 5.74) is 9.46. The highest BCUT2D eigenvalue weighted by Gasteiger charge is 2.17. The molecule has 0 aliphatic heterocycles. The summed E-state index contributed by atoms with van der Waals surface area (Å²) < 4.78 is 0. The van der Waals surface area contributed by atoms with Crippen LogP contribution in [0.25, 0.3) is 0 Å². The normalized spacial score (nSPS) is 22.9. The second kappa shape index (κ2) is 4.79. The van der Waals surface area contributed by atoms with Crippen molar-refractivity contribution in [3.8, 4) is 0 Å². The van der Waals surface area contributed by atoms with E-state index in [-0.39, 0.29) is 0 Å². The number of hydrazone groups is 1. The maximum absolute atomic E-state index is 10.5. The number of allylic oxidation sites excluding steroid dienone is 2. The average molecular weight is 195 g/mol. The molecule has 4 nitrogen and oxygen atoms in total. The Hall–Kier alpha value is -1.32. The summed E-state index contributed by atoms with van der Waals surface area (Å²) in [6.45, 7) is 4.02. The molecule has 0 saturated heterocycles. The molecule has 1 rings (SSSR count). The minimum atomic E-state index is -0.609.